The van der Waals surface area contributed by atoms with Crippen molar-refractivity contribution in [3.8, 4) is 0 Å². The lowest BCUT2D eigenvalue weighted by Crippen LogP contribution is -2.01. The highest BCUT2D eigenvalue weighted by atomic mass is 32.2. The molecule has 2 heterocycles. The Kier molecular flexibility index (Phi) is 3.47. The highest BCUT2D eigenvalue weighted by Gasteiger charge is 2.20. The number of thiazole rings is 1. The van der Waals surface area contributed by atoms with E-state index in [1.165, 1.54) is 34.9 Å². The van der Waals surface area contributed by atoms with Crippen LogP contribution in [0.1, 0.15) is 40.1 Å². The van der Waals surface area contributed by atoms with Crippen molar-refractivity contribution in [3.63, 3.8) is 0 Å². The monoisotopic (exact) mass is 228 g/mol. The van der Waals surface area contributed by atoms with Gasteiger partial charge in [0.25, 0.3) is 0 Å². The molecule has 78 valence electrons. The second-order valence-corrected chi connectivity index (χ2v) is 6.05. The molecule has 14 heavy (non-hydrogen) atoms. The van der Waals surface area contributed by atoms with Gasteiger partial charge >= 0.3 is 0 Å². The highest BCUT2D eigenvalue weighted by Crippen LogP contribution is 2.40. The van der Waals surface area contributed by atoms with Gasteiger partial charge in [0.05, 0.1) is 10.9 Å². The Morgan fingerprint density at radius 2 is 2.36 bits per heavy atom. The van der Waals surface area contributed by atoms with Crippen LogP contribution in [0.3, 0.4) is 0 Å². The summed E-state index contributed by atoms with van der Waals surface area (Å²) in [6.45, 7) is 2.70. The van der Waals surface area contributed by atoms with Crippen LogP contribution in [0, 0.1) is 6.92 Å². The van der Waals surface area contributed by atoms with E-state index in [1.807, 2.05) is 11.3 Å². The molecule has 1 unspecified atom stereocenters. The molecule has 2 rings (SSSR count). The fourth-order valence-electron chi connectivity index (χ4n) is 1.71. The molecule has 0 amide bonds. The second kappa shape index (κ2) is 4.64. The van der Waals surface area contributed by atoms with Gasteiger partial charge in [-0.3, -0.25) is 0 Å². The Hall–Kier alpha value is -0.0600. The first-order valence-corrected chi connectivity index (χ1v) is 6.95. The Labute approximate surface area is 93.3 Å². The van der Waals surface area contributed by atoms with E-state index in [-0.39, 0.29) is 0 Å². The molecular formula is C10H16N2S2. The standard InChI is InChI=1S/C10H16N2S2/c1-7-9(6-11)14-10(12-7)8-4-2-3-5-13-8/h8H,2-6,11H2,1H3. The van der Waals surface area contributed by atoms with Gasteiger partial charge in [-0.2, -0.15) is 11.8 Å². The van der Waals surface area contributed by atoms with E-state index in [0.29, 0.717) is 11.8 Å². The van der Waals surface area contributed by atoms with Crippen LogP contribution >= 0.6 is 23.1 Å². The second-order valence-electron chi connectivity index (χ2n) is 3.62. The maximum Gasteiger partial charge on any atom is 0.106 e. The summed E-state index contributed by atoms with van der Waals surface area (Å²) < 4.78 is 0. The zero-order chi connectivity index (χ0) is 9.97. The normalized spacial score (nSPS) is 22.6. The van der Waals surface area contributed by atoms with Crippen LogP contribution in [0.5, 0.6) is 0 Å². The van der Waals surface area contributed by atoms with E-state index in [4.69, 9.17) is 5.73 Å². The SMILES string of the molecule is Cc1nc(C2CCCCS2)sc1CN. The third-order valence-corrected chi connectivity index (χ3v) is 5.38. The van der Waals surface area contributed by atoms with Gasteiger partial charge in [0.1, 0.15) is 5.01 Å². The zero-order valence-electron chi connectivity index (χ0n) is 8.45. The van der Waals surface area contributed by atoms with Crippen LogP contribution in [0.4, 0.5) is 0 Å². The summed E-state index contributed by atoms with van der Waals surface area (Å²) in [4.78, 5) is 5.88. The topological polar surface area (TPSA) is 38.9 Å². The van der Waals surface area contributed by atoms with Gasteiger partial charge in [-0.05, 0) is 25.5 Å². The molecule has 1 aromatic rings. The molecule has 1 atom stereocenters. The van der Waals surface area contributed by atoms with Gasteiger partial charge in [0.2, 0.25) is 0 Å². The lowest BCUT2D eigenvalue weighted by atomic mass is 10.2. The van der Waals surface area contributed by atoms with E-state index in [1.54, 1.807) is 0 Å². The molecule has 1 fully saturated rings. The van der Waals surface area contributed by atoms with Gasteiger partial charge in [0, 0.05) is 11.4 Å². The molecule has 0 aromatic carbocycles. The summed E-state index contributed by atoms with van der Waals surface area (Å²) in [5, 5.41) is 1.94. The Balaban J connectivity index is 2.14. The number of aryl methyl sites for hydroxylation is 1. The van der Waals surface area contributed by atoms with Crippen molar-refractivity contribution in [2.75, 3.05) is 5.75 Å². The first kappa shape index (κ1) is 10.5. The van der Waals surface area contributed by atoms with Crippen molar-refractivity contribution in [1.82, 2.24) is 4.98 Å². The third kappa shape index (κ3) is 2.12. The van der Waals surface area contributed by atoms with Crippen molar-refractivity contribution in [3.05, 3.63) is 15.6 Å². The summed E-state index contributed by atoms with van der Waals surface area (Å²) in [5.74, 6) is 1.29. The van der Waals surface area contributed by atoms with Gasteiger partial charge in [-0.1, -0.05) is 6.42 Å². The van der Waals surface area contributed by atoms with Crippen molar-refractivity contribution in [2.24, 2.45) is 5.73 Å². The minimum absolute atomic E-state index is 0.640. The summed E-state index contributed by atoms with van der Waals surface area (Å²) >= 11 is 3.86. The van der Waals surface area contributed by atoms with E-state index in [2.05, 4.69) is 23.7 Å². The Bertz CT molecular complexity index is 303. The number of rotatable bonds is 2. The van der Waals surface area contributed by atoms with E-state index in [0.717, 1.165) is 5.69 Å². The van der Waals surface area contributed by atoms with Crippen LogP contribution in [0.2, 0.25) is 0 Å². The fourth-order valence-corrected chi connectivity index (χ4v) is 4.21. The predicted molar refractivity (Wildman–Crippen MR) is 63.8 cm³/mol. The summed E-state index contributed by atoms with van der Waals surface area (Å²) in [7, 11) is 0. The lowest BCUT2D eigenvalue weighted by molar-refractivity contribution is 0.683. The van der Waals surface area contributed by atoms with Gasteiger partial charge in [0.15, 0.2) is 0 Å². The molecule has 1 aromatic heterocycles. The molecule has 0 radical (unpaired) electrons. The number of thioether (sulfide) groups is 1. The van der Waals surface area contributed by atoms with Gasteiger partial charge in [-0.25, -0.2) is 4.98 Å². The van der Waals surface area contributed by atoms with Gasteiger partial charge < -0.3 is 5.73 Å². The molecule has 1 saturated heterocycles. The molecule has 1 aliphatic heterocycles. The molecule has 0 bridgehead atoms. The first-order chi connectivity index (χ1) is 6.81. The predicted octanol–water partition coefficient (Wildman–Crippen LogP) is 2.87. The Morgan fingerprint density at radius 3 is 2.93 bits per heavy atom. The quantitative estimate of drug-likeness (QED) is 0.846. The summed E-state index contributed by atoms with van der Waals surface area (Å²) in [6.07, 6.45) is 4.02. The van der Waals surface area contributed by atoms with E-state index < -0.39 is 0 Å². The van der Waals surface area contributed by atoms with Crippen molar-refractivity contribution in [1.29, 1.82) is 0 Å². The molecule has 0 spiro atoms. The molecule has 0 saturated carbocycles. The summed E-state index contributed by atoms with van der Waals surface area (Å²) in [5.41, 5.74) is 6.79. The van der Waals surface area contributed by atoms with Crippen LogP contribution in [0.25, 0.3) is 0 Å². The molecule has 4 heteroatoms. The maximum atomic E-state index is 5.66. The lowest BCUT2D eigenvalue weighted by Gasteiger charge is -2.18. The molecular weight excluding hydrogens is 212 g/mol. The van der Waals surface area contributed by atoms with Crippen molar-refractivity contribution in [2.45, 2.75) is 38.0 Å². The number of nitrogens with zero attached hydrogens (tertiary/aromatic N) is 1. The van der Waals surface area contributed by atoms with Crippen LogP contribution in [-0.2, 0) is 6.54 Å². The number of nitrogens with two attached hydrogens (primary N) is 1. The number of aromatic nitrogens is 1. The minimum atomic E-state index is 0.640. The van der Waals surface area contributed by atoms with Gasteiger partial charge in [-0.15, -0.1) is 11.3 Å². The zero-order valence-corrected chi connectivity index (χ0v) is 10.1. The molecule has 2 nitrogen and oxygen atoms in total. The number of hydrogen-bond donors (Lipinski definition) is 1. The minimum Gasteiger partial charge on any atom is -0.326 e. The molecule has 0 aliphatic carbocycles. The smallest absolute Gasteiger partial charge is 0.106 e. The average Bonchev–Trinajstić information content (AvgIpc) is 2.61. The van der Waals surface area contributed by atoms with Crippen molar-refractivity contribution >= 4 is 23.1 Å². The summed E-state index contributed by atoms with van der Waals surface area (Å²) in [6, 6.07) is 0. The maximum absolute atomic E-state index is 5.66. The molecule has 2 N–H and O–H groups in total. The van der Waals surface area contributed by atoms with E-state index in [9.17, 15) is 0 Å². The van der Waals surface area contributed by atoms with E-state index >= 15 is 0 Å². The average molecular weight is 228 g/mol. The molecule has 1 aliphatic rings. The van der Waals surface area contributed by atoms with Crippen molar-refractivity contribution < 1.29 is 0 Å². The Morgan fingerprint density at radius 1 is 1.50 bits per heavy atom. The fraction of sp³-hybridized carbons (Fsp3) is 0.700. The van der Waals surface area contributed by atoms with Crippen LogP contribution < -0.4 is 5.73 Å². The first-order valence-electron chi connectivity index (χ1n) is 5.09. The number of hydrogen-bond acceptors (Lipinski definition) is 4. The van der Waals surface area contributed by atoms with Crippen LogP contribution in [-0.4, -0.2) is 10.7 Å². The largest absolute Gasteiger partial charge is 0.326 e. The van der Waals surface area contributed by atoms with Crippen LogP contribution in [0.15, 0.2) is 0 Å². The highest BCUT2D eigenvalue weighted by molar-refractivity contribution is 7.99. The third-order valence-electron chi connectivity index (χ3n) is 2.55.